The zero-order valence-corrected chi connectivity index (χ0v) is 18.8. The number of hydrogen-bond acceptors (Lipinski definition) is 5. The molecular formula is C24H34O4S. The molecule has 6 atom stereocenters. The lowest BCUT2D eigenvalue weighted by atomic mass is 9.46. The monoisotopic (exact) mass is 418 g/mol. The van der Waals surface area contributed by atoms with Gasteiger partial charge in [0.15, 0.2) is 16.4 Å². The normalized spacial score (nSPS) is 43.7. The summed E-state index contributed by atoms with van der Waals surface area (Å²) in [7, 11) is 0. The summed E-state index contributed by atoms with van der Waals surface area (Å²) in [5.41, 5.74) is 0.196. The van der Waals surface area contributed by atoms with E-state index in [0.29, 0.717) is 42.1 Å². The van der Waals surface area contributed by atoms with E-state index in [2.05, 4.69) is 13.8 Å². The zero-order chi connectivity index (χ0) is 21.0. The fourth-order valence-corrected chi connectivity index (χ4v) is 7.78. The number of ether oxygens (including phenoxy) is 1. The van der Waals surface area contributed by atoms with Crippen LogP contribution in [0.4, 0.5) is 0 Å². The number of aliphatic hydroxyl groups is 1. The second-order valence-electron chi connectivity index (χ2n) is 10.2. The van der Waals surface area contributed by atoms with Gasteiger partial charge in [-0.15, -0.1) is 0 Å². The molecule has 0 unspecified atom stereocenters. The molecule has 1 N–H and O–H groups in total. The molecule has 4 aliphatic rings. The number of rotatable bonds is 4. The Labute approximate surface area is 179 Å². The Bertz CT molecular complexity index is 773. The molecule has 3 saturated carbocycles. The highest BCUT2D eigenvalue weighted by atomic mass is 32.1. The van der Waals surface area contributed by atoms with Gasteiger partial charge in [-0.25, -0.2) is 0 Å². The second-order valence-corrected chi connectivity index (χ2v) is 10.7. The molecule has 160 valence electrons. The first-order valence-corrected chi connectivity index (χ1v) is 11.7. The van der Waals surface area contributed by atoms with E-state index in [1.165, 1.54) is 5.57 Å². The summed E-state index contributed by atoms with van der Waals surface area (Å²) < 4.78 is 6.26. The number of carbonyl (C=O) groups excluding carboxylic acids is 2. The Morgan fingerprint density at radius 3 is 2.59 bits per heavy atom. The van der Waals surface area contributed by atoms with Gasteiger partial charge in [0.05, 0.1) is 0 Å². The molecular weight excluding hydrogens is 384 g/mol. The van der Waals surface area contributed by atoms with Crippen LogP contribution in [0.3, 0.4) is 0 Å². The van der Waals surface area contributed by atoms with Crippen LogP contribution in [0.1, 0.15) is 78.6 Å². The van der Waals surface area contributed by atoms with E-state index in [9.17, 15) is 14.7 Å². The number of fused-ring (bicyclic) bond motifs is 5. The van der Waals surface area contributed by atoms with Gasteiger partial charge < -0.3 is 9.84 Å². The van der Waals surface area contributed by atoms with Crippen LogP contribution in [0.5, 0.6) is 0 Å². The van der Waals surface area contributed by atoms with Gasteiger partial charge in [0.25, 0.3) is 0 Å². The summed E-state index contributed by atoms with van der Waals surface area (Å²) in [4.78, 5) is 25.1. The highest BCUT2D eigenvalue weighted by molar-refractivity contribution is 7.80. The molecule has 0 aromatic rings. The van der Waals surface area contributed by atoms with Crippen molar-refractivity contribution in [2.45, 2.75) is 84.2 Å². The van der Waals surface area contributed by atoms with Crippen LogP contribution in [-0.2, 0) is 14.3 Å². The molecule has 0 aliphatic heterocycles. The first-order valence-electron chi connectivity index (χ1n) is 11.3. The van der Waals surface area contributed by atoms with Gasteiger partial charge in [0.1, 0.15) is 6.61 Å². The highest BCUT2D eigenvalue weighted by Crippen LogP contribution is 2.68. The molecule has 29 heavy (non-hydrogen) atoms. The van der Waals surface area contributed by atoms with Crippen molar-refractivity contribution in [2.75, 3.05) is 6.61 Å². The molecule has 0 aromatic heterocycles. The maximum atomic E-state index is 13.1. The number of allylic oxidation sites excluding steroid dienone is 1. The highest BCUT2D eigenvalue weighted by Gasteiger charge is 2.68. The predicted molar refractivity (Wildman–Crippen MR) is 116 cm³/mol. The number of Topliss-reactive ketones (excluding diaryl/α,β-unsaturated/α-hetero) is 1. The van der Waals surface area contributed by atoms with Crippen LogP contribution < -0.4 is 0 Å². The largest absolute Gasteiger partial charge is 0.472 e. The van der Waals surface area contributed by atoms with Gasteiger partial charge in [0, 0.05) is 18.3 Å². The van der Waals surface area contributed by atoms with Gasteiger partial charge in [-0.2, -0.15) is 0 Å². The van der Waals surface area contributed by atoms with E-state index < -0.39 is 12.2 Å². The lowest BCUT2D eigenvalue weighted by molar-refractivity contribution is -0.161. The first-order chi connectivity index (χ1) is 13.7. The molecule has 5 heteroatoms. The summed E-state index contributed by atoms with van der Waals surface area (Å²) >= 11 is 5.40. The predicted octanol–water partition coefficient (Wildman–Crippen LogP) is 4.57. The maximum absolute atomic E-state index is 13.1. The summed E-state index contributed by atoms with van der Waals surface area (Å²) in [6, 6.07) is 0. The second kappa shape index (κ2) is 7.26. The topological polar surface area (TPSA) is 63.6 Å². The standard InChI is InChI=1S/C24H34O4S/c1-4-21(29)28-24(20(27)14-25)12-9-19-17-6-5-15-13-16(26)7-10-22(15,2)18(17)8-11-23(19,24)3/h13,17-19,25H,4-12,14H2,1-3H3/t17-,18+,19+,22+,23+,24+/m1/s1. The molecule has 0 heterocycles. The average Bonchev–Trinajstić information content (AvgIpc) is 3.01. The summed E-state index contributed by atoms with van der Waals surface area (Å²) in [5.74, 6) is 1.57. The Balaban J connectivity index is 1.69. The van der Waals surface area contributed by atoms with Crippen LogP contribution in [-0.4, -0.2) is 33.9 Å². The van der Waals surface area contributed by atoms with Gasteiger partial charge in [-0.1, -0.05) is 26.3 Å². The van der Waals surface area contributed by atoms with Gasteiger partial charge >= 0.3 is 0 Å². The molecule has 0 radical (unpaired) electrons. The van der Waals surface area contributed by atoms with Crippen LogP contribution in [0.15, 0.2) is 11.6 Å². The molecule has 0 aromatic carbocycles. The number of aliphatic hydroxyl groups excluding tert-OH is 1. The Morgan fingerprint density at radius 2 is 1.90 bits per heavy atom. The minimum absolute atomic E-state index is 0.115. The zero-order valence-electron chi connectivity index (χ0n) is 18.0. The van der Waals surface area contributed by atoms with E-state index >= 15 is 0 Å². The molecule has 0 saturated heterocycles. The van der Waals surface area contributed by atoms with Crippen molar-refractivity contribution >= 4 is 28.8 Å². The quantitative estimate of drug-likeness (QED) is 0.678. The number of thiocarbonyl (C=S) groups is 1. The van der Waals surface area contributed by atoms with E-state index in [-0.39, 0.29) is 22.4 Å². The molecule has 4 aliphatic carbocycles. The molecule has 3 fully saturated rings. The number of carbonyl (C=O) groups is 2. The van der Waals surface area contributed by atoms with Crippen LogP contribution >= 0.6 is 12.2 Å². The fourth-order valence-electron chi connectivity index (χ4n) is 7.63. The number of ketones is 2. The van der Waals surface area contributed by atoms with Crippen molar-refractivity contribution in [3.63, 3.8) is 0 Å². The maximum Gasteiger partial charge on any atom is 0.202 e. The molecule has 4 nitrogen and oxygen atoms in total. The van der Waals surface area contributed by atoms with Gasteiger partial charge in [0.2, 0.25) is 5.78 Å². The lowest BCUT2D eigenvalue weighted by Crippen LogP contribution is -2.59. The SMILES string of the molecule is CCC(=S)O[C@]1(C(=O)CO)CC[C@H]2[C@@H]3CCC4=CC(=O)CC[C@]4(C)[C@H]3CC[C@@]21C. The fraction of sp³-hybridized carbons (Fsp3) is 0.792. The third-order valence-corrected chi connectivity index (χ3v) is 9.62. The van der Waals surface area contributed by atoms with Crippen molar-refractivity contribution in [3.8, 4) is 0 Å². The summed E-state index contributed by atoms with van der Waals surface area (Å²) in [5, 5.41) is 10.3. The van der Waals surface area contributed by atoms with Gasteiger partial charge in [-0.3, -0.25) is 9.59 Å². The van der Waals surface area contributed by atoms with E-state index in [4.69, 9.17) is 17.0 Å². The molecule has 0 spiro atoms. The third-order valence-electron chi connectivity index (χ3n) is 9.25. The van der Waals surface area contributed by atoms with E-state index in [1.807, 2.05) is 13.0 Å². The average molecular weight is 419 g/mol. The van der Waals surface area contributed by atoms with E-state index in [0.717, 1.165) is 38.5 Å². The van der Waals surface area contributed by atoms with Crippen molar-refractivity contribution < 1.29 is 19.4 Å². The van der Waals surface area contributed by atoms with Crippen LogP contribution in [0.25, 0.3) is 0 Å². The molecule has 4 rings (SSSR count). The van der Waals surface area contributed by atoms with Crippen molar-refractivity contribution in [1.29, 1.82) is 0 Å². The van der Waals surface area contributed by atoms with Crippen molar-refractivity contribution in [2.24, 2.45) is 28.6 Å². The summed E-state index contributed by atoms with van der Waals surface area (Å²) in [6.45, 7) is 6.04. The first kappa shape index (κ1) is 21.2. The van der Waals surface area contributed by atoms with Crippen LogP contribution in [0, 0.1) is 28.6 Å². The Hall–Kier alpha value is -1.07. The van der Waals surface area contributed by atoms with Crippen LogP contribution in [0.2, 0.25) is 0 Å². The number of hydrogen-bond donors (Lipinski definition) is 1. The molecule has 0 bridgehead atoms. The molecule has 0 amide bonds. The van der Waals surface area contributed by atoms with Crippen molar-refractivity contribution in [1.82, 2.24) is 0 Å². The third kappa shape index (κ3) is 2.90. The van der Waals surface area contributed by atoms with Crippen molar-refractivity contribution in [3.05, 3.63) is 11.6 Å². The smallest absolute Gasteiger partial charge is 0.202 e. The minimum atomic E-state index is -0.982. The lowest BCUT2D eigenvalue weighted by Gasteiger charge is -2.59. The minimum Gasteiger partial charge on any atom is -0.472 e. The Kier molecular flexibility index (Phi) is 5.30. The van der Waals surface area contributed by atoms with Gasteiger partial charge in [-0.05, 0) is 86.4 Å². The Morgan fingerprint density at radius 1 is 1.17 bits per heavy atom. The van der Waals surface area contributed by atoms with E-state index in [1.54, 1.807) is 0 Å². The summed E-state index contributed by atoms with van der Waals surface area (Å²) in [6.07, 6.45) is 9.78.